The lowest BCUT2D eigenvalue weighted by Crippen LogP contribution is -2.25. The lowest BCUT2D eigenvalue weighted by Gasteiger charge is -2.38. The Balaban J connectivity index is 1.19. The highest BCUT2D eigenvalue weighted by molar-refractivity contribution is 4.83. The summed E-state index contributed by atoms with van der Waals surface area (Å²) in [6.07, 6.45) is 35.0. The summed E-state index contributed by atoms with van der Waals surface area (Å²) >= 11 is 0. The molecule has 3 aliphatic rings. The Morgan fingerprint density at radius 1 is 0.533 bits per heavy atom. The smallest absolute Gasteiger partial charge is 0.0348 e. The Kier molecular flexibility index (Phi) is 11.4. The fourth-order valence-corrected chi connectivity index (χ4v) is 7.48. The summed E-state index contributed by atoms with van der Waals surface area (Å²) in [4.78, 5) is 0. The van der Waals surface area contributed by atoms with Gasteiger partial charge in [0.1, 0.15) is 0 Å². The zero-order valence-corrected chi connectivity index (χ0v) is 20.8. The summed E-state index contributed by atoms with van der Waals surface area (Å²) in [6.45, 7) is 4.52. The van der Waals surface area contributed by atoms with Gasteiger partial charge in [0, 0.05) is 0 Å². The molecule has 0 aromatic rings. The van der Waals surface area contributed by atoms with Crippen molar-refractivity contribution >= 4 is 0 Å². The molecule has 174 valence electrons. The van der Waals surface area contributed by atoms with Gasteiger partial charge in [-0.1, -0.05) is 109 Å². The molecule has 0 nitrogen and oxygen atoms in total. The summed E-state index contributed by atoms with van der Waals surface area (Å²) in [6, 6.07) is 0. The Hall–Kier alpha value is -0.260. The number of hydrogen-bond acceptors (Lipinski definition) is 0. The van der Waals surface area contributed by atoms with Crippen molar-refractivity contribution in [3.8, 4) is 0 Å². The predicted molar refractivity (Wildman–Crippen MR) is 134 cm³/mol. The summed E-state index contributed by atoms with van der Waals surface area (Å²) in [5.74, 6) is 6.48. The normalized spacial score (nSPS) is 35.7. The topological polar surface area (TPSA) is 0 Å². The van der Waals surface area contributed by atoms with Crippen LogP contribution in [0.4, 0.5) is 0 Å². The van der Waals surface area contributed by atoms with E-state index in [1.54, 1.807) is 57.8 Å². The summed E-state index contributed by atoms with van der Waals surface area (Å²) in [5, 5.41) is 0. The van der Waals surface area contributed by atoms with Gasteiger partial charge in [-0.25, -0.2) is 0 Å². The van der Waals surface area contributed by atoms with E-state index < -0.39 is 0 Å². The molecular formula is C30H54. The molecule has 30 heavy (non-hydrogen) atoms. The minimum atomic E-state index is 1.04. The third kappa shape index (κ3) is 8.35. The number of allylic oxidation sites excluding steroid dienone is 2. The molecule has 0 saturated heterocycles. The van der Waals surface area contributed by atoms with Crippen LogP contribution in [-0.2, 0) is 0 Å². The second kappa shape index (κ2) is 14.0. The van der Waals surface area contributed by atoms with Gasteiger partial charge in [-0.2, -0.15) is 0 Å². The van der Waals surface area contributed by atoms with Crippen molar-refractivity contribution in [1.82, 2.24) is 0 Å². The second-order valence-corrected chi connectivity index (χ2v) is 11.7. The van der Waals surface area contributed by atoms with Crippen LogP contribution >= 0.6 is 0 Å². The van der Waals surface area contributed by atoms with Gasteiger partial charge in [0.05, 0.1) is 0 Å². The molecule has 0 heterocycles. The first-order valence-corrected chi connectivity index (χ1v) is 14.4. The van der Waals surface area contributed by atoms with Crippen LogP contribution in [0.15, 0.2) is 12.2 Å². The average Bonchev–Trinajstić information content (AvgIpc) is 2.79. The van der Waals surface area contributed by atoms with Crippen LogP contribution in [0.1, 0.15) is 142 Å². The van der Waals surface area contributed by atoms with Crippen molar-refractivity contribution in [2.75, 3.05) is 0 Å². The molecule has 0 unspecified atom stereocenters. The Morgan fingerprint density at radius 3 is 1.37 bits per heavy atom. The SMILES string of the molecule is C/C=C/CCC1CCC(CCCCC2CCC(C3CCC(CCC)CC3)CC2)CC1. The van der Waals surface area contributed by atoms with Crippen molar-refractivity contribution in [2.45, 2.75) is 142 Å². The van der Waals surface area contributed by atoms with E-state index in [1.807, 2.05) is 0 Å². The molecular weight excluding hydrogens is 360 g/mol. The Bertz CT molecular complexity index is 439. The van der Waals surface area contributed by atoms with E-state index in [0.29, 0.717) is 0 Å². The van der Waals surface area contributed by atoms with E-state index in [9.17, 15) is 0 Å². The molecule has 0 radical (unpaired) electrons. The van der Waals surface area contributed by atoms with E-state index >= 15 is 0 Å². The van der Waals surface area contributed by atoms with E-state index in [2.05, 4.69) is 26.0 Å². The van der Waals surface area contributed by atoms with Crippen LogP contribution in [0.2, 0.25) is 0 Å². The first kappa shape index (κ1) is 24.4. The Labute approximate surface area is 190 Å². The van der Waals surface area contributed by atoms with Crippen molar-refractivity contribution in [3.05, 3.63) is 12.2 Å². The molecule has 0 spiro atoms. The predicted octanol–water partition coefficient (Wildman–Crippen LogP) is 10.1. The number of unbranched alkanes of at least 4 members (excludes halogenated alkanes) is 1. The average molecular weight is 415 g/mol. The van der Waals surface area contributed by atoms with Gasteiger partial charge in [0.15, 0.2) is 0 Å². The van der Waals surface area contributed by atoms with Gasteiger partial charge >= 0.3 is 0 Å². The van der Waals surface area contributed by atoms with Crippen molar-refractivity contribution in [1.29, 1.82) is 0 Å². The van der Waals surface area contributed by atoms with Gasteiger partial charge in [-0.15, -0.1) is 0 Å². The molecule has 0 aromatic heterocycles. The monoisotopic (exact) mass is 414 g/mol. The largest absolute Gasteiger partial charge is 0.0917 e. The van der Waals surface area contributed by atoms with Crippen molar-refractivity contribution < 1.29 is 0 Å². The maximum atomic E-state index is 2.37. The fourth-order valence-electron chi connectivity index (χ4n) is 7.48. The zero-order chi connectivity index (χ0) is 21.0. The van der Waals surface area contributed by atoms with Crippen molar-refractivity contribution in [3.63, 3.8) is 0 Å². The molecule has 3 aliphatic carbocycles. The van der Waals surface area contributed by atoms with Crippen LogP contribution in [0, 0.1) is 35.5 Å². The van der Waals surface area contributed by atoms with Gasteiger partial charge < -0.3 is 0 Å². The third-order valence-electron chi connectivity index (χ3n) is 9.56. The van der Waals surface area contributed by atoms with Gasteiger partial charge in [0.2, 0.25) is 0 Å². The minimum Gasteiger partial charge on any atom is -0.0917 e. The third-order valence-corrected chi connectivity index (χ3v) is 9.56. The number of hydrogen-bond donors (Lipinski definition) is 0. The van der Waals surface area contributed by atoms with E-state index in [0.717, 1.165) is 35.5 Å². The molecule has 3 rings (SSSR count). The fraction of sp³-hybridized carbons (Fsp3) is 0.933. The molecule has 0 atom stereocenters. The lowest BCUT2D eigenvalue weighted by atomic mass is 9.68. The zero-order valence-electron chi connectivity index (χ0n) is 20.8. The molecule has 0 aliphatic heterocycles. The highest BCUT2D eigenvalue weighted by atomic mass is 14.4. The van der Waals surface area contributed by atoms with Crippen LogP contribution in [0.25, 0.3) is 0 Å². The molecule has 0 amide bonds. The second-order valence-electron chi connectivity index (χ2n) is 11.7. The minimum absolute atomic E-state index is 1.04. The molecule has 0 bridgehead atoms. The first-order chi connectivity index (χ1) is 14.8. The van der Waals surface area contributed by atoms with Gasteiger partial charge in [0.25, 0.3) is 0 Å². The summed E-state index contributed by atoms with van der Waals surface area (Å²) in [7, 11) is 0. The first-order valence-electron chi connectivity index (χ1n) is 14.4. The van der Waals surface area contributed by atoms with E-state index in [4.69, 9.17) is 0 Å². The van der Waals surface area contributed by atoms with E-state index in [-0.39, 0.29) is 0 Å². The molecule has 3 saturated carbocycles. The van der Waals surface area contributed by atoms with Gasteiger partial charge in [-0.3, -0.25) is 0 Å². The summed E-state index contributed by atoms with van der Waals surface area (Å²) in [5.41, 5.74) is 0. The van der Waals surface area contributed by atoms with Crippen molar-refractivity contribution in [2.24, 2.45) is 35.5 Å². The van der Waals surface area contributed by atoms with E-state index in [1.165, 1.54) is 70.6 Å². The van der Waals surface area contributed by atoms with Crippen LogP contribution in [0.5, 0.6) is 0 Å². The highest BCUT2D eigenvalue weighted by Gasteiger charge is 2.30. The van der Waals surface area contributed by atoms with Crippen LogP contribution in [-0.4, -0.2) is 0 Å². The Morgan fingerprint density at radius 2 is 0.933 bits per heavy atom. The highest BCUT2D eigenvalue weighted by Crippen LogP contribution is 2.43. The van der Waals surface area contributed by atoms with Gasteiger partial charge in [-0.05, 0) is 81.0 Å². The molecule has 3 fully saturated rings. The maximum Gasteiger partial charge on any atom is -0.0348 e. The summed E-state index contributed by atoms with van der Waals surface area (Å²) < 4.78 is 0. The lowest BCUT2D eigenvalue weighted by molar-refractivity contribution is 0.140. The van der Waals surface area contributed by atoms with Crippen LogP contribution < -0.4 is 0 Å². The molecule has 0 aromatic carbocycles. The number of rotatable bonds is 11. The molecule has 0 N–H and O–H groups in total. The molecule has 0 heteroatoms. The quantitative estimate of drug-likeness (QED) is 0.233. The standard InChI is InChI=1S/C30H54/c1-3-5-6-10-26-13-15-27(16-14-26)11-7-8-12-28-19-23-30(24-20-28)29-21-17-25(9-4-2)18-22-29/h3,5,25-30H,4,6-24H2,1-2H3/b5-3+. The van der Waals surface area contributed by atoms with Crippen LogP contribution in [0.3, 0.4) is 0 Å². The maximum absolute atomic E-state index is 2.37.